The van der Waals surface area contributed by atoms with Crippen molar-refractivity contribution in [1.82, 2.24) is 13.9 Å². The number of carbonyl (C=O) groups is 1. The number of halogens is 1. The molecule has 0 spiro atoms. The SMILES string of the molecule is O=C(O)CCc1cc2nc(Cl)ccc2n1S(=O)(=O)c1cccc2cccnc12. The molecule has 7 nitrogen and oxygen atoms in total. The van der Waals surface area contributed by atoms with Gasteiger partial charge in [0.15, 0.2) is 0 Å². The molecular formula is C19H14ClN3O4S. The lowest BCUT2D eigenvalue weighted by molar-refractivity contribution is -0.136. The number of rotatable bonds is 5. The summed E-state index contributed by atoms with van der Waals surface area (Å²) in [5, 5.41) is 9.95. The van der Waals surface area contributed by atoms with Crippen LogP contribution in [-0.4, -0.2) is 33.4 Å². The molecule has 0 aliphatic rings. The van der Waals surface area contributed by atoms with Crippen LogP contribution >= 0.6 is 11.6 Å². The van der Waals surface area contributed by atoms with E-state index in [1.165, 1.54) is 18.3 Å². The first-order chi connectivity index (χ1) is 13.4. The lowest BCUT2D eigenvalue weighted by atomic mass is 10.2. The van der Waals surface area contributed by atoms with E-state index < -0.39 is 16.0 Å². The van der Waals surface area contributed by atoms with E-state index in [-0.39, 0.29) is 22.9 Å². The first kappa shape index (κ1) is 18.4. The molecule has 1 N–H and O–H groups in total. The summed E-state index contributed by atoms with van der Waals surface area (Å²) in [4.78, 5) is 19.5. The van der Waals surface area contributed by atoms with Gasteiger partial charge in [0.05, 0.1) is 23.0 Å². The molecule has 4 aromatic rings. The third-order valence-corrected chi connectivity index (χ3v) is 6.37. The summed E-state index contributed by atoms with van der Waals surface area (Å²) in [6, 6.07) is 13.0. The summed E-state index contributed by atoms with van der Waals surface area (Å²) < 4.78 is 28.3. The van der Waals surface area contributed by atoms with E-state index in [1.807, 2.05) is 0 Å². The molecule has 0 aliphatic heterocycles. The number of hydrogen-bond donors (Lipinski definition) is 1. The number of aliphatic carboxylic acids is 1. The predicted molar refractivity (Wildman–Crippen MR) is 105 cm³/mol. The van der Waals surface area contributed by atoms with Gasteiger partial charge >= 0.3 is 5.97 Å². The van der Waals surface area contributed by atoms with E-state index >= 15 is 0 Å². The Labute approximate surface area is 165 Å². The largest absolute Gasteiger partial charge is 0.481 e. The summed E-state index contributed by atoms with van der Waals surface area (Å²) in [5.41, 5.74) is 1.38. The average molecular weight is 416 g/mol. The van der Waals surface area contributed by atoms with Gasteiger partial charge in [0.25, 0.3) is 10.0 Å². The van der Waals surface area contributed by atoms with Crippen molar-refractivity contribution in [3.8, 4) is 0 Å². The van der Waals surface area contributed by atoms with Crippen LogP contribution in [0.5, 0.6) is 0 Å². The van der Waals surface area contributed by atoms with Gasteiger partial charge in [-0.15, -0.1) is 0 Å². The van der Waals surface area contributed by atoms with Crippen molar-refractivity contribution < 1.29 is 18.3 Å². The molecule has 0 atom stereocenters. The Kier molecular flexibility index (Phi) is 4.52. The number of benzene rings is 1. The number of aromatic nitrogens is 3. The lowest BCUT2D eigenvalue weighted by Crippen LogP contribution is -2.17. The summed E-state index contributed by atoms with van der Waals surface area (Å²) >= 11 is 5.94. The van der Waals surface area contributed by atoms with Gasteiger partial charge in [0.2, 0.25) is 0 Å². The molecule has 4 rings (SSSR count). The molecule has 0 fully saturated rings. The van der Waals surface area contributed by atoms with Crippen LogP contribution in [0, 0.1) is 0 Å². The zero-order valence-electron chi connectivity index (χ0n) is 14.4. The van der Waals surface area contributed by atoms with Crippen LogP contribution in [0.2, 0.25) is 5.15 Å². The fraction of sp³-hybridized carbons (Fsp3) is 0.105. The Balaban J connectivity index is 2.00. The van der Waals surface area contributed by atoms with Crippen molar-refractivity contribution in [2.45, 2.75) is 17.7 Å². The van der Waals surface area contributed by atoms with Crippen molar-refractivity contribution in [2.75, 3.05) is 0 Å². The summed E-state index contributed by atoms with van der Waals surface area (Å²) in [6.45, 7) is 0. The Bertz CT molecular complexity index is 1330. The highest BCUT2D eigenvalue weighted by molar-refractivity contribution is 7.90. The summed E-state index contributed by atoms with van der Waals surface area (Å²) in [6.07, 6.45) is 1.34. The standard InChI is InChI=1S/C19H14ClN3O4S/c20-17-8-7-15-14(22-17)11-13(6-9-18(24)25)23(15)28(26,27)16-5-1-3-12-4-2-10-21-19(12)16/h1-5,7-8,10-11H,6,9H2,(H,24,25). The molecule has 0 radical (unpaired) electrons. The van der Waals surface area contributed by atoms with Crippen molar-refractivity contribution >= 4 is 49.5 Å². The van der Waals surface area contributed by atoms with Gasteiger partial charge in [-0.3, -0.25) is 9.78 Å². The zero-order chi connectivity index (χ0) is 19.9. The third kappa shape index (κ3) is 3.10. The highest BCUT2D eigenvalue weighted by atomic mass is 35.5. The number of fused-ring (bicyclic) bond motifs is 2. The maximum Gasteiger partial charge on any atom is 0.303 e. The van der Waals surface area contributed by atoms with Crippen LogP contribution in [0.3, 0.4) is 0 Å². The van der Waals surface area contributed by atoms with Crippen molar-refractivity contribution in [2.24, 2.45) is 0 Å². The number of pyridine rings is 2. The molecule has 1 aromatic carbocycles. The minimum absolute atomic E-state index is 0.0285. The second kappa shape index (κ2) is 6.88. The van der Waals surface area contributed by atoms with E-state index in [2.05, 4.69) is 9.97 Å². The van der Waals surface area contributed by atoms with Gasteiger partial charge in [0.1, 0.15) is 10.0 Å². The molecule has 3 aromatic heterocycles. The first-order valence-corrected chi connectivity index (χ1v) is 10.2. The van der Waals surface area contributed by atoms with Crippen LogP contribution in [0.1, 0.15) is 12.1 Å². The molecule has 0 bridgehead atoms. The van der Waals surface area contributed by atoms with Gasteiger partial charge < -0.3 is 5.11 Å². The quantitative estimate of drug-likeness (QED) is 0.500. The van der Waals surface area contributed by atoms with E-state index in [9.17, 15) is 13.2 Å². The fourth-order valence-electron chi connectivity index (χ4n) is 3.17. The molecule has 0 saturated heterocycles. The van der Waals surface area contributed by atoms with Crippen molar-refractivity contribution in [3.63, 3.8) is 0 Å². The highest BCUT2D eigenvalue weighted by Crippen LogP contribution is 2.29. The second-order valence-electron chi connectivity index (χ2n) is 6.17. The van der Waals surface area contributed by atoms with Crippen LogP contribution in [0.15, 0.2) is 59.6 Å². The molecule has 28 heavy (non-hydrogen) atoms. The Morgan fingerprint density at radius 2 is 1.93 bits per heavy atom. The summed E-state index contributed by atoms with van der Waals surface area (Å²) in [5.74, 6) is -1.02. The number of aryl methyl sites for hydroxylation is 1. The minimum Gasteiger partial charge on any atom is -0.481 e. The zero-order valence-corrected chi connectivity index (χ0v) is 16.0. The first-order valence-electron chi connectivity index (χ1n) is 8.36. The van der Waals surface area contributed by atoms with Gasteiger partial charge in [-0.2, -0.15) is 0 Å². The summed E-state index contributed by atoms with van der Waals surface area (Å²) in [7, 11) is -4.06. The van der Waals surface area contributed by atoms with E-state index in [0.29, 0.717) is 27.6 Å². The highest BCUT2D eigenvalue weighted by Gasteiger charge is 2.26. The van der Waals surface area contributed by atoms with E-state index in [0.717, 1.165) is 3.97 Å². The van der Waals surface area contributed by atoms with Crippen molar-refractivity contribution in [3.05, 3.63) is 65.6 Å². The van der Waals surface area contributed by atoms with Gasteiger partial charge in [-0.05, 0) is 36.8 Å². The predicted octanol–water partition coefficient (Wildman–Crippen LogP) is 3.49. The second-order valence-corrected chi connectivity index (χ2v) is 8.31. The molecule has 0 amide bonds. The lowest BCUT2D eigenvalue weighted by Gasteiger charge is -2.13. The number of para-hydroxylation sites is 1. The van der Waals surface area contributed by atoms with Crippen LogP contribution < -0.4 is 0 Å². The fourth-order valence-corrected chi connectivity index (χ4v) is 5.05. The smallest absolute Gasteiger partial charge is 0.303 e. The van der Waals surface area contributed by atoms with Crippen molar-refractivity contribution in [1.29, 1.82) is 0 Å². The Hall–Kier alpha value is -2.97. The molecule has 0 unspecified atom stereocenters. The molecule has 142 valence electrons. The maximum atomic E-state index is 13.6. The number of hydrogen-bond acceptors (Lipinski definition) is 5. The van der Waals surface area contributed by atoms with E-state index in [1.54, 1.807) is 36.4 Å². The monoisotopic (exact) mass is 415 g/mol. The average Bonchev–Trinajstić information content (AvgIpc) is 3.04. The third-order valence-electron chi connectivity index (χ3n) is 4.36. The van der Waals surface area contributed by atoms with Gasteiger partial charge in [-0.25, -0.2) is 17.4 Å². The normalized spacial score (nSPS) is 11.9. The topological polar surface area (TPSA) is 102 Å². The Morgan fingerprint density at radius 3 is 2.71 bits per heavy atom. The molecule has 3 heterocycles. The molecule has 0 aliphatic carbocycles. The van der Waals surface area contributed by atoms with E-state index in [4.69, 9.17) is 16.7 Å². The number of carboxylic acids is 1. The van der Waals surface area contributed by atoms with Crippen LogP contribution in [0.4, 0.5) is 0 Å². The van der Waals surface area contributed by atoms with Crippen LogP contribution in [0.25, 0.3) is 21.9 Å². The number of nitrogens with zero attached hydrogens (tertiary/aromatic N) is 3. The molecule has 9 heteroatoms. The van der Waals surface area contributed by atoms with Gasteiger partial charge in [-0.1, -0.05) is 29.8 Å². The van der Waals surface area contributed by atoms with Gasteiger partial charge in [0, 0.05) is 17.3 Å². The Morgan fingerprint density at radius 1 is 1.14 bits per heavy atom. The maximum absolute atomic E-state index is 13.6. The number of carboxylic acid groups (broad SMARTS) is 1. The van der Waals surface area contributed by atoms with Crippen LogP contribution in [-0.2, 0) is 21.2 Å². The molecule has 0 saturated carbocycles. The molecular weight excluding hydrogens is 402 g/mol. The minimum atomic E-state index is -4.06.